The quantitative estimate of drug-likeness (QED) is 0.798. The molecule has 0 aliphatic heterocycles. The van der Waals surface area contributed by atoms with E-state index in [4.69, 9.17) is 5.26 Å². The zero-order chi connectivity index (χ0) is 12.9. The standard InChI is InChI=1S/C13H24N2O/c1-9(2)11(8-14)15-12(16)7-10(3)13(4,5)6/h9-11H,7H2,1-6H3,(H,15,16)/t10-,11-/m1/s1. The molecular formula is C13H24N2O. The summed E-state index contributed by atoms with van der Waals surface area (Å²) in [6, 6.07) is 1.74. The van der Waals surface area contributed by atoms with Crippen molar-refractivity contribution < 1.29 is 4.79 Å². The number of nitrogens with zero attached hydrogens (tertiary/aromatic N) is 1. The second-order valence-corrected chi connectivity index (χ2v) is 5.89. The zero-order valence-electron chi connectivity index (χ0n) is 11.3. The molecular weight excluding hydrogens is 200 g/mol. The first-order valence-corrected chi connectivity index (χ1v) is 5.87. The first-order chi connectivity index (χ1) is 7.18. The van der Waals surface area contributed by atoms with Crippen LogP contribution in [0.3, 0.4) is 0 Å². The van der Waals surface area contributed by atoms with Crippen molar-refractivity contribution in [2.45, 2.75) is 54.0 Å². The molecule has 0 radical (unpaired) electrons. The highest BCUT2D eigenvalue weighted by Crippen LogP contribution is 2.27. The molecule has 0 heterocycles. The fourth-order valence-electron chi connectivity index (χ4n) is 1.16. The van der Waals surface area contributed by atoms with Gasteiger partial charge in [0.1, 0.15) is 6.04 Å². The van der Waals surface area contributed by atoms with E-state index in [1.165, 1.54) is 0 Å². The van der Waals surface area contributed by atoms with Gasteiger partial charge in [0, 0.05) is 6.42 Å². The molecule has 0 aliphatic rings. The maximum atomic E-state index is 11.7. The van der Waals surface area contributed by atoms with Crippen molar-refractivity contribution in [2.75, 3.05) is 0 Å². The molecule has 92 valence electrons. The molecule has 0 aliphatic carbocycles. The lowest BCUT2D eigenvalue weighted by atomic mass is 9.80. The predicted molar refractivity (Wildman–Crippen MR) is 65.6 cm³/mol. The maximum Gasteiger partial charge on any atom is 0.221 e. The number of hydrogen-bond donors (Lipinski definition) is 1. The topological polar surface area (TPSA) is 52.9 Å². The second-order valence-electron chi connectivity index (χ2n) is 5.89. The van der Waals surface area contributed by atoms with E-state index in [1.54, 1.807) is 0 Å². The summed E-state index contributed by atoms with van der Waals surface area (Å²) in [5, 5.41) is 11.6. The molecule has 2 atom stereocenters. The first-order valence-electron chi connectivity index (χ1n) is 5.87. The largest absolute Gasteiger partial charge is 0.340 e. The monoisotopic (exact) mass is 224 g/mol. The molecule has 0 fully saturated rings. The molecule has 3 heteroatoms. The Morgan fingerprint density at radius 3 is 2.12 bits per heavy atom. The van der Waals surface area contributed by atoms with Crippen LogP contribution in [0, 0.1) is 28.6 Å². The molecule has 0 aromatic carbocycles. The highest BCUT2D eigenvalue weighted by molar-refractivity contribution is 5.76. The summed E-state index contributed by atoms with van der Waals surface area (Å²) < 4.78 is 0. The fraction of sp³-hybridized carbons (Fsp3) is 0.846. The van der Waals surface area contributed by atoms with Crippen LogP contribution in [0.1, 0.15) is 48.0 Å². The third-order valence-corrected chi connectivity index (χ3v) is 3.09. The van der Waals surface area contributed by atoms with E-state index in [1.807, 2.05) is 13.8 Å². The van der Waals surface area contributed by atoms with E-state index in [-0.39, 0.29) is 23.3 Å². The molecule has 0 rings (SSSR count). The summed E-state index contributed by atoms with van der Waals surface area (Å²) in [6.45, 7) is 12.3. The van der Waals surface area contributed by atoms with Gasteiger partial charge in [-0.1, -0.05) is 41.5 Å². The molecule has 0 saturated heterocycles. The van der Waals surface area contributed by atoms with E-state index in [9.17, 15) is 4.79 Å². The van der Waals surface area contributed by atoms with Crippen LogP contribution in [-0.2, 0) is 4.79 Å². The average molecular weight is 224 g/mol. The molecule has 0 aromatic rings. The van der Waals surface area contributed by atoms with Gasteiger partial charge < -0.3 is 5.32 Å². The van der Waals surface area contributed by atoms with E-state index in [2.05, 4.69) is 39.1 Å². The molecule has 0 saturated carbocycles. The number of amides is 1. The Bertz CT molecular complexity index is 271. The van der Waals surface area contributed by atoms with E-state index in [0.717, 1.165) is 0 Å². The van der Waals surface area contributed by atoms with Gasteiger partial charge in [-0.2, -0.15) is 5.26 Å². The van der Waals surface area contributed by atoms with Crippen LogP contribution in [0.2, 0.25) is 0 Å². The average Bonchev–Trinajstić information content (AvgIpc) is 2.11. The summed E-state index contributed by atoms with van der Waals surface area (Å²) in [6.07, 6.45) is 0.481. The van der Waals surface area contributed by atoms with Gasteiger partial charge in [0.25, 0.3) is 0 Å². The van der Waals surface area contributed by atoms with Gasteiger partial charge in [-0.25, -0.2) is 0 Å². The Kier molecular flexibility index (Phi) is 5.50. The van der Waals surface area contributed by atoms with Crippen molar-refractivity contribution in [3.8, 4) is 6.07 Å². The summed E-state index contributed by atoms with van der Waals surface area (Å²) in [5.41, 5.74) is 0.122. The predicted octanol–water partition coefficient (Wildman–Crippen LogP) is 2.72. The van der Waals surface area contributed by atoms with Gasteiger partial charge in [-0.15, -0.1) is 0 Å². The molecule has 1 N–H and O–H groups in total. The van der Waals surface area contributed by atoms with Crippen molar-refractivity contribution in [1.82, 2.24) is 5.32 Å². The molecule has 0 spiro atoms. The molecule has 1 amide bonds. The smallest absolute Gasteiger partial charge is 0.221 e. The Morgan fingerprint density at radius 1 is 1.31 bits per heavy atom. The van der Waals surface area contributed by atoms with Crippen molar-refractivity contribution in [1.29, 1.82) is 5.26 Å². The highest BCUT2D eigenvalue weighted by Gasteiger charge is 2.24. The van der Waals surface area contributed by atoms with Crippen LogP contribution in [-0.4, -0.2) is 11.9 Å². The number of carbonyl (C=O) groups is 1. The Hall–Kier alpha value is -1.04. The Morgan fingerprint density at radius 2 is 1.81 bits per heavy atom. The van der Waals surface area contributed by atoms with Gasteiger partial charge in [-0.3, -0.25) is 4.79 Å². The van der Waals surface area contributed by atoms with Crippen LogP contribution in [0.4, 0.5) is 0 Å². The van der Waals surface area contributed by atoms with Crippen molar-refractivity contribution in [3.63, 3.8) is 0 Å². The second kappa shape index (κ2) is 5.89. The minimum atomic E-state index is -0.375. The van der Waals surface area contributed by atoms with Crippen molar-refractivity contribution in [3.05, 3.63) is 0 Å². The van der Waals surface area contributed by atoms with Crippen molar-refractivity contribution in [2.24, 2.45) is 17.3 Å². The van der Waals surface area contributed by atoms with Gasteiger partial charge in [-0.05, 0) is 17.3 Å². The molecule has 3 nitrogen and oxygen atoms in total. The fourth-order valence-corrected chi connectivity index (χ4v) is 1.16. The normalized spacial score (nSPS) is 15.4. The number of rotatable bonds is 4. The third-order valence-electron chi connectivity index (χ3n) is 3.09. The number of hydrogen-bond acceptors (Lipinski definition) is 2. The summed E-state index contributed by atoms with van der Waals surface area (Å²) in [4.78, 5) is 11.7. The molecule has 0 aromatic heterocycles. The van der Waals surface area contributed by atoms with Crippen LogP contribution < -0.4 is 5.32 Å². The van der Waals surface area contributed by atoms with E-state index < -0.39 is 0 Å². The lowest BCUT2D eigenvalue weighted by molar-refractivity contribution is -0.123. The van der Waals surface area contributed by atoms with E-state index in [0.29, 0.717) is 12.3 Å². The molecule has 0 bridgehead atoms. The molecule has 0 unspecified atom stereocenters. The van der Waals surface area contributed by atoms with Gasteiger partial charge in [0.2, 0.25) is 5.91 Å². The third kappa shape index (κ3) is 5.16. The van der Waals surface area contributed by atoms with Gasteiger partial charge in [0.15, 0.2) is 0 Å². The van der Waals surface area contributed by atoms with Gasteiger partial charge in [0.05, 0.1) is 6.07 Å². The Labute approximate surface area is 99.2 Å². The maximum absolute atomic E-state index is 11.7. The van der Waals surface area contributed by atoms with Crippen molar-refractivity contribution >= 4 is 5.91 Å². The number of carbonyl (C=O) groups excluding carboxylic acids is 1. The summed E-state index contributed by atoms with van der Waals surface area (Å²) in [7, 11) is 0. The number of nitriles is 1. The minimum absolute atomic E-state index is 0.0253. The zero-order valence-corrected chi connectivity index (χ0v) is 11.3. The SMILES string of the molecule is CC(C)[C@@H](C#N)NC(=O)C[C@@H](C)C(C)(C)C. The van der Waals surface area contributed by atoms with Crippen LogP contribution in [0.15, 0.2) is 0 Å². The van der Waals surface area contributed by atoms with Crippen LogP contribution in [0.25, 0.3) is 0 Å². The minimum Gasteiger partial charge on any atom is -0.340 e. The molecule has 16 heavy (non-hydrogen) atoms. The summed E-state index contributed by atoms with van der Waals surface area (Å²) >= 11 is 0. The summed E-state index contributed by atoms with van der Waals surface area (Å²) in [5.74, 6) is 0.431. The highest BCUT2D eigenvalue weighted by atomic mass is 16.1. The number of nitrogens with one attached hydrogen (secondary N) is 1. The van der Waals surface area contributed by atoms with Crippen LogP contribution >= 0.6 is 0 Å². The van der Waals surface area contributed by atoms with E-state index >= 15 is 0 Å². The van der Waals surface area contributed by atoms with Crippen LogP contribution in [0.5, 0.6) is 0 Å². The lowest BCUT2D eigenvalue weighted by Crippen LogP contribution is -2.39. The van der Waals surface area contributed by atoms with Gasteiger partial charge >= 0.3 is 0 Å². The Balaban J connectivity index is 4.25. The lowest BCUT2D eigenvalue weighted by Gasteiger charge is -2.27. The first kappa shape index (κ1) is 15.0.